The molecule has 0 atom stereocenters. The summed E-state index contributed by atoms with van der Waals surface area (Å²) in [5.74, 6) is 0.813. The van der Waals surface area contributed by atoms with Crippen molar-refractivity contribution in [3.8, 4) is 0 Å². The van der Waals surface area contributed by atoms with Crippen LogP contribution in [-0.4, -0.2) is 15.0 Å². The van der Waals surface area contributed by atoms with Crippen molar-refractivity contribution in [1.29, 1.82) is 0 Å². The van der Waals surface area contributed by atoms with Gasteiger partial charge in [0.15, 0.2) is 0 Å². The Hall–Kier alpha value is -2.20. The maximum absolute atomic E-state index is 4.37. The molecular weight excluding hydrogens is 236 g/mol. The molecule has 2 N–H and O–H groups in total. The molecule has 2 heterocycles. The lowest BCUT2D eigenvalue weighted by Gasteiger charge is -2.05. The van der Waals surface area contributed by atoms with Crippen LogP contribution in [-0.2, 0) is 13.1 Å². The van der Waals surface area contributed by atoms with Gasteiger partial charge >= 0.3 is 0 Å². The molecule has 0 radical (unpaired) electrons. The molecule has 3 rings (SSSR count). The van der Waals surface area contributed by atoms with Crippen LogP contribution in [0.5, 0.6) is 0 Å². The number of hydrogen-bond donors (Lipinski definition) is 2. The SMILES string of the molecule is Cc1nccc(CNCc2ccc3[nH]ccc3c2)n1. The summed E-state index contributed by atoms with van der Waals surface area (Å²) in [4.78, 5) is 11.7. The van der Waals surface area contributed by atoms with E-state index in [-0.39, 0.29) is 0 Å². The molecular formula is C15H16N4. The van der Waals surface area contributed by atoms with Gasteiger partial charge in [-0.15, -0.1) is 0 Å². The standard InChI is InChI=1S/C15H16N4/c1-11-17-7-5-14(19-11)10-16-9-12-2-3-15-13(8-12)4-6-18-15/h2-8,16,18H,9-10H2,1H3. The first kappa shape index (κ1) is 11.9. The van der Waals surface area contributed by atoms with Gasteiger partial charge in [0, 0.05) is 31.0 Å². The zero-order valence-corrected chi connectivity index (χ0v) is 10.9. The van der Waals surface area contributed by atoms with Crippen molar-refractivity contribution in [3.63, 3.8) is 0 Å². The molecule has 19 heavy (non-hydrogen) atoms. The summed E-state index contributed by atoms with van der Waals surface area (Å²) >= 11 is 0. The largest absolute Gasteiger partial charge is 0.361 e. The van der Waals surface area contributed by atoms with Gasteiger partial charge in [-0.2, -0.15) is 0 Å². The average molecular weight is 252 g/mol. The normalized spacial score (nSPS) is 11.0. The van der Waals surface area contributed by atoms with Crippen LogP contribution < -0.4 is 5.32 Å². The van der Waals surface area contributed by atoms with E-state index in [1.165, 1.54) is 16.5 Å². The summed E-state index contributed by atoms with van der Waals surface area (Å²) in [5, 5.41) is 4.65. The van der Waals surface area contributed by atoms with Crippen LogP contribution in [0.4, 0.5) is 0 Å². The number of benzene rings is 1. The van der Waals surface area contributed by atoms with E-state index in [9.17, 15) is 0 Å². The van der Waals surface area contributed by atoms with Crippen molar-refractivity contribution < 1.29 is 0 Å². The Bertz CT molecular complexity index is 687. The second kappa shape index (κ2) is 5.20. The average Bonchev–Trinajstić information content (AvgIpc) is 2.86. The van der Waals surface area contributed by atoms with E-state index in [1.54, 1.807) is 6.20 Å². The number of aryl methyl sites for hydroxylation is 1. The molecule has 0 saturated heterocycles. The molecule has 4 heteroatoms. The third-order valence-corrected chi connectivity index (χ3v) is 3.09. The minimum atomic E-state index is 0.758. The predicted molar refractivity (Wildman–Crippen MR) is 75.6 cm³/mol. The fraction of sp³-hybridized carbons (Fsp3) is 0.200. The molecule has 4 nitrogen and oxygen atoms in total. The van der Waals surface area contributed by atoms with Crippen molar-refractivity contribution in [1.82, 2.24) is 20.3 Å². The number of rotatable bonds is 4. The third-order valence-electron chi connectivity index (χ3n) is 3.09. The van der Waals surface area contributed by atoms with Gasteiger partial charge in [0.05, 0.1) is 5.69 Å². The highest BCUT2D eigenvalue weighted by Crippen LogP contribution is 2.14. The van der Waals surface area contributed by atoms with Gasteiger partial charge in [-0.25, -0.2) is 9.97 Å². The van der Waals surface area contributed by atoms with Crippen LogP contribution in [0.2, 0.25) is 0 Å². The number of nitrogens with zero attached hydrogens (tertiary/aromatic N) is 2. The zero-order chi connectivity index (χ0) is 13.1. The van der Waals surface area contributed by atoms with Crippen molar-refractivity contribution in [2.24, 2.45) is 0 Å². The molecule has 0 aliphatic rings. The first-order chi connectivity index (χ1) is 9.31. The number of nitrogens with one attached hydrogen (secondary N) is 2. The Balaban J connectivity index is 1.62. The molecule has 1 aromatic carbocycles. The molecule has 0 amide bonds. The van der Waals surface area contributed by atoms with Crippen LogP contribution >= 0.6 is 0 Å². The van der Waals surface area contributed by atoms with Crippen molar-refractivity contribution >= 4 is 10.9 Å². The molecule has 0 fully saturated rings. The first-order valence-electron chi connectivity index (χ1n) is 6.36. The quantitative estimate of drug-likeness (QED) is 0.750. The summed E-state index contributed by atoms with van der Waals surface area (Å²) in [6, 6.07) is 10.5. The summed E-state index contributed by atoms with van der Waals surface area (Å²) in [6.07, 6.45) is 3.76. The Morgan fingerprint density at radius 1 is 1.16 bits per heavy atom. The molecule has 96 valence electrons. The highest BCUT2D eigenvalue weighted by atomic mass is 14.9. The molecule has 2 aromatic heterocycles. The Kier molecular flexibility index (Phi) is 3.25. The van der Waals surface area contributed by atoms with Gasteiger partial charge in [0.25, 0.3) is 0 Å². The minimum absolute atomic E-state index is 0.758. The Morgan fingerprint density at radius 3 is 3.00 bits per heavy atom. The second-order valence-electron chi connectivity index (χ2n) is 4.60. The number of hydrogen-bond acceptors (Lipinski definition) is 3. The summed E-state index contributed by atoms with van der Waals surface area (Å²) < 4.78 is 0. The van der Waals surface area contributed by atoms with Gasteiger partial charge in [-0.05, 0) is 42.1 Å². The maximum Gasteiger partial charge on any atom is 0.125 e. The van der Waals surface area contributed by atoms with Gasteiger partial charge in [-0.3, -0.25) is 0 Å². The molecule has 0 spiro atoms. The molecule has 3 aromatic rings. The maximum atomic E-state index is 4.37. The van der Waals surface area contributed by atoms with Gasteiger partial charge < -0.3 is 10.3 Å². The number of aromatic nitrogens is 3. The smallest absolute Gasteiger partial charge is 0.125 e. The monoisotopic (exact) mass is 252 g/mol. The second-order valence-corrected chi connectivity index (χ2v) is 4.60. The number of fused-ring (bicyclic) bond motifs is 1. The van der Waals surface area contributed by atoms with Crippen LogP contribution in [0.15, 0.2) is 42.7 Å². The summed E-state index contributed by atoms with van der Waals surface area (Å²) in [7, 11) is 0. The molecule has 0 bridgehead atoms. The van der Waals surface area contributed by atoms with Crippen LogP contribution in [0, 0.1) is 6.92 Å². The van der Waals surface area contributed by atoms with Gasteiger partial charge in [0.2, 0.25) is 0 Å². The molecule has 0 aliphatic heterocycles. The lowest BCUT2D eigenvalue weighted by atomic mass is 10.1. The van der Waals surface area contributed by atoms with Crippen LogP contribution in [0.1, 0.15) is 17.1 Å². The minimum Gasteiger partial charge on any atom is -0.361 e. The highest BCUT2D eigenvalue weighted by Gasteiger charge is 1.99. The van der Waals surface area contributed by atoms with Crippen molar-refractivity contribution in [2.45, 2.75) is 20.0 Å². The molecule has 0 saturated carbocycles. The zero-order valence-electron chi connectivity index (χ0n) is 10.9. The van der Waals surface area contributed by atoms with Crippen molar-refractivity contribution in [3.05, 3.63) is 59.8 Å². The summed E-state index contributed by atoms with van der Waals surface area (Å²) in [6.45, 7) is 3.50. The van der Waals surface area contributed by atoms with E-state index in [1.807, 2.05) is 19.2 Å². The number of H-pyrrole nitrogens is 1. The van der Waals surface area contributed by atoms with Gasteiger partial charge in [0.1, 0.15) is 5.82 Å². The van der Waals surface area contributed by atoms with Crippen molar-refractivity contribution in [2.75, 3.05) is 0 Å². The lowest BCUT2D eigenvalue weighted by molar-refractivity contribution is 0.675. The molecule has 0 unspecified atom stereocenters. The predicted octanol–water partition coefficient (Wildman–Crippen LogP) is 2.56. The van der Waals surface area contributed by atoms with Crippen LogP contribution in [0.3, 0.4) is 0 Å². The van der Waals surface area contributed by atoms with E-state index < -0.39 is 0 Å². The van der Waals surface area contributed by atoms with E-state index in [0.29, 0.717) is 0 Å². The third kappa shape index (κ3) is 2.80. The number of aromatic amines is 1. The topological polar surface area (TPSA) is 53.6 Å². The lowest BCUT2D eigenvalue weighted by Crippen LogP contribution is -2.14. The highest BCUT2D eigenvalue weighted by molar-refractivity contribution is 5.79. The Labute approximate surface area is 111 Å². The first-order valence-corrected chi connectivity index (χ1v) is 6.36. The van der Waals surface area contributed by atoms with E-state index >= 15 is 0 Å². The van der Waals surface area contributed by atoms with Crippen LogP contribution in [0.25, 0.3) is 10.9 Å². The van der Waals surface area contributed by atoms with Gasteiger partial charge in [-0.1, -0.05) is 6.07 Å². The summed E-state index contributed by atoms with van der Waals surface area (Å²) in [5.41, 5.74) is 3.48. The fourth-order valence-electron chi connectivity index (χ4n) is 2.15. The van der Waals surface area contributed by atoms with E-state index in [2.05, 4.69) is 44.5 Å². The Morgan fingerprint density at radius 2 is 2.11 bits per heavy atom. The fourth-order valence-corrected chi connectivity index (χ4v) is 2.15. The van der Waals surface area contributed by atoms with E-state index in [4.69, 9.17) is 0 Å². The van der Waals surface area contributed by atoms with E-state index in [0.717, 1.165) is 24.6 Å². The molecule has 0 aliphatic carbocycles.